The Hall–Kier alpha value is -1.71. The number of rotatable bonds is 5. The van der Waals surface area contributed by atoms with Crippen LogP contribution in [-0.4, -0.2) is 11.5 Å². The maximum Gasteiger partial charge on any atom is 0.0702 e. The zero-order valence-electron chi connectivity index (χ0n) is 11.5. The van der Waals surface area contributed by atoms with Gasteiger partial charge in [0.1, 0.15) is 0 Å². The van der Waals surface area contributed by atoms with E-state index < -0.39 is 0 Å². The van der Waals surface area contributed by atoms with Crippen molar-refractivity contribution in [1.29, 1.82) is 0 Å². The van der Waals surface area contributed by atoms with Crippen molar-refractivity contribution < 1.29 is 0 Å². The summed E-state index contributed by atoms with van der Waals surface area (Å²) in [5.74, 6) is 0. The van der Waals surface area contributed by atoms with Crippen LogP contribution in [0.2, 0.25) is 0 Å². The predicted octanol–water partition coefficient (Wildman–Crippen LogP) is 4.39. The normalized spacial score (nSPS) is 12.7. The van der Waals surface area contributed by atoms with E-state index in [2.05, 4.69) is 59.0 Å². The van der Waals surface area contributed by atoms with E-state index in [1.165, 1.54) is 15.8 Å². The second kappa shape index (κ2) is 6.16. The molecule has 0 saturated heterocycles. The molecule has 0 fully saturated rings. The van der Waals surface area contributed by atoms with Gasteiger partial charge in [-0.25, -0.2) is 0 Å². The third-order valence-electron chi connectivity index (χ3n) is 3.39. The van der Waals surface area contributed by atoms with E-state index >= 15 is 0 Å². The van der Waals surface area contributed by atoms with Gasteiger partial charge in [-0.1, -0.05) is 25.1 Å². The highest BCUT2D eigenvalue weighted by molar-refractivity contribution is 7.10. The number of thiophene rings is 1. The Morgan fingerprint density at radius 3 is 2.95 bits per heavy atom. The topological polar surface area (TPSA) is 24.9 Å². The molecule has 102 valence electrons. The number of hydrogen-bond acceptors (Lipinski definition) is 3. The largest absolute Gasteiger partial charge is 0.306 e. The second-order valence-electron chi connectivity index (χ2n) is 4.86. The maximum absolute atomic E-state index is 4.39. The van der Waals surface area contributed by atoms with Crippen LogP contribution in [0.3, 0.4) is 0 Å². The lowest BCUT2D eigenvalue weighted by Gasteiger charge is -2.18. The number of nitrogens with zero attached hydrogens (tertiary/aromatic N) is 1. The first-order valence-corrected chi connectivity index (χ1v) is 7.88. The molecule has 3 heteroatoms. The summed E-state index contributed by atoms with van der Waals surface area (Å²) in [6, 6.07) is 15.2. The van der Waals surface area contributed by atoms with Crippen molar-refractivity contribution in [2.45, 2.75) is 19.4 Å². The molecule has 0 aliphatic carbocycles. The van der Waals surface area contributed by atoms with Gasteiger partial charge in [0.25, 0.3) is 0 Å². The molecule has 1 aromatic carbocycles. The monoisotopic (exact) mass is 282 g/mol. The predicted molar refractivity (Wildman–Crippen MR) is 86.2 cm³/mol. The number of nitrogens with one attached hydrogen (secondary N) is 1. The minimum atomic E-state index is 0.277. The third kappa shape index (κ3) is 2.74. The van der Waals surface area contributed by atoms with Crippen molar-refractivity contribution in [3.8, 4) is 0 Å². The SMILES string of the molecule is CCCNC(c1ccc2ncccc2c1)c1cccs1. The summed E-state index contributed by atoms with van der Waals surface area (Å²) in [7, 11) is 0. The number of pyridine rings is 1. The number of aromatic nitrogens is 1. The molecule has 3 rings (SSSR count). The Morgan fingerprint density at radius 2 is 2.15 bits per heavy atom. The van der Waals surface area contributed by atoms with Gasteiger partial charge >= 0.3 is 0 Å². The lowest BCUT2D eigenvalue weighted by Crippen LogP contribution is -2.22. The van der Waals surface area contributed by atoms with Crippen LogP contribution in [-0.2, 0) is 0 Å². The molecule has 0 aliphatic rings. The van der Waals surface area contributed by atoms with Crippen molar-refractivity contribution in [2.75, 3.05) is 6.54 Å². The van der Waals surface area contributed by atoms with Crippen LogP contribution in [0.4, 0.5) is 0 Å². The summed E-state index contributed by atoms with van der Waals surface area (Å²) in [5.41, 5.74) is 2.36. The average molecular weight is 282 g/mol. The summed E-state index contributed by atoms with van der Waals surface area (Å²) in [6.45, 7) is 3.22. The van der Waals surface area contributed by atoms with Gasteiger partial charge in [0, 0.05) is 16.5 Å². The zero-order valence-corrected chi connectivity index (χ0v) is 12.4. The fourth-order valence-electron chi connectivity index (χ4n) is 2.40. The van der Waals surface area contributed by atoms with Gasteiger partial charge in [0.05, 0.1) is 11.6 Å². The van der Waals surface area contributed by atoms with Gasteiger partial charge in [-0.2, -0.15) is 0 Å². The van der Waals surface area contributed by atoms with Crippen LogP contribution in [0.15, 0.2) is 54.0 Å². The smallest absolute Gasteiger partial charge is 0.0702 e. The Labute approximate surface area is 123 Å². The molecule has 0 aliphatic heterocycles. The molecule has 1 unspecified atom stereocenters. The average Bonchev–Trinajstić information content (AvgIpc) is 3.02. The summed E-state index contributed by atoms with van der Waals surface area (Å²) in [5, 5.41) is 6.98. The standard InChI is InChI=1S/C17H18N2S/c1-2-9-19-17(16-6-4-11-20-16)14-7-8-15-13(12-14)5-3-10-18-15/h3-8,10-12,17,19H,2,9H2,1H3. The molecule has 0 saturated carbocycles. The van der Waals surface area contributed by atoms with Gasteiger partial charge in [-0.05, 0) is 48.2 Å². The summed E-state index contributed by atoms with van der Waals surface area (Å²) >= 11 is 1.80. The quantitative estimate of drug-likeness (QED) is 0.751. The van der Waals surface area contributed by atoms with E-state index in [0.717, 1.165) is 18.5 Å². The maximum atomic E-state index is 4.39. The first-order valence-electron chi connectivity index (χ1n) is 7.00. The van der Waals surface area contributed by atoms with Crippen molar-refractivity contribution in [1.82, 2.24) is 10.3 Å². The molecule has 2 heterocycles. The minimum absolute atomic E-state index is 0.277. The Balaban J connectivity index is 1.99. The molecule has 0 amide bonds. The molecular formula is C17H18N2S. The molecule has 0 spiro atoms. The van der Waals surface area contributed by atoms with E-state index in [1.54, 1.807) is 11.3 Å². The van der Waals surface area contributed by atoms with Crippen molar-refractivity contribution in [3.05, 3.63) is 64.5 Å². The molecule has 1 atom stereocenters. The fraction of sp³-hybridized carbons (Fsp3) is 0.235. The first kappa shape index (κ1) is 13.3. The van der Waals surface area contributed by atoms with E-state index in [0.29, 0.717) is 0 Å². The first-order chi connectivity index (χ1) is 9.88. The van der Waals surface area contributed by atoms with Gasteiger partial charge in [0.2, 0.25) is 0 Å². The zero-order chi connectivity index (χ0) is 13.8. The molecule has 20 heavy (non-hydrogen) atoms. The van der Waals surface area contributed by atoms with Crippen LogP contribution in [0.25, 0.3) is 10.9 Å². The molecule has 2 aromatic heterocycles. The van der Waals surface area contributed by atoms with Crippen LogP contribution in [0, 0.1) is 0 Å². The van der Waals surface area contributed by atoms with Gasteiger partial charge in [0.15, 0.2) is 0 Å². The second-order valence-corrected chi connectivity index (χ2v) is 5.84. The van der Waals surface area contributed by atoms with Crippen LogP contribution in [0.1, 0.15) is 29.8 Å². The third-order valence-corrected chi connectivity index (χ3v) is 4.32. The van der Waals surface area contributed by atoms with E-state index in [4.69, 9.17) is 0 Å². The molecular weight excluding hydrogens is 264 g/mol. The molecule has 0 radical (unpaired) electrons. The summed E-state index contributed by atoms with van der Waals surface area (Å²) in [6.07, 6.45) is 2.98. The van der Waals surface area contributed by atoms with Gasteiger partial charge in [-0.3, -0.25) is 4.98 Å². The Kier molecular flexibility index (Phi) is 4.09. The summed E-state index contributed by atoms with van der Waals surface area (Å²) < 4.78 is 0. The van der Waals surface area contributed by atoms with E-state index in [9.17, 15) is 0 Å². The van der Waals surface area contributed by atoms with Crippen molar-refractivity contribution >= 4 is 22.2 Å². The van der Waals surface area contributed by atoms with Crippen molar-refractivity contribution in [2.24, 2.45) is 0 Å². The number of hydrogen-bond donors (Lipinski definition) is 1. The number of benzene rings is 1. The van der Waals surface area contributed by atoms with Gasteiger partial charge < -0.3 is 5.32 Å². The highest BCUT2D eigenvalue weighted by Gasteiger charge is 2.14. The number of fused-ring (bicyclic) bond motifs is 1. The van der Waals surface area contributed by atoms with Crippen molar-refractivity contribution in [3.63, 3.8) is 0 Å². The van der Waals surface area contributed by atoms with E-state index in [-0.39, 0.29) is 6.04 Å². The lowest BCUT2D eigenvalue weighted by atomic mass is 10.0. The summed E-state index contributed by atoms with van der Waals surface area (Å²) in [4.78, 5) is 5.75. The Bertz CT molecular complexity index is 676. The fourth-order valence-corrected chi connectivity index (χ4v) is 3.23. The van der Waals surface area contributed by atoms with Gasteiger partial charge in [-0.15, -0.1) is 11.3 Å². The minimum Gasteiger partial charge on any atom is -0.306 e. The molecule has 3 aromatic rings. The Morgan fingerprint density at radius 1 is 1.20 bits per heavy atom. The highest BCUT2D eigenvalue weighted by atomic mass is 32.1. The van der Waals surface area contributed by atoms with Crippen LogP contribution in [0.5, 0.6) is 0 Å². The molecule has 1 N–H and O–H groups in total. The van der Waals surface area contributed by atoms with Crippen LogP contribution < -0.4 is 5.32 Å². The molecule has 0 bridgehead atoms. The van der Waals surface area contributed by atoms with Crippen LogP contribution >= 0.6 is 11.3 Å². The molecule has 2 nitrogen and oxygen atoms in total. The lowest BCUT2D eigenvalue weighted by molar-refractivity contribution is 0.606. The van der Waals surface area contributed by atoms with E-state index in [1.807, 2.05) is 12.3 Å². The highest BCUT2D eigenvalue weighted by Crippen LogP contribution is 2.28.